The number of hydrogen-bond acceptors (Lipinski definition) is 2. The van der Waals surface area contributed by atoms with Crippen LogP contribution in [0.5, 0.6) is 0 Å². The largest absolute Gasteiger partial charge is 0.413 e. The lowest BCUT2D eigenvalue weighted by Crippen LogP contribution is -2.46. The normalized spacial score (nSPS) is 14.0. The molecule has 1 aromatic rings. The van der Waals surface area contributed by atoms with Gasteiger partial charge in [-0.1, -0.05) is 122 Å². The van der Waals surface area contributed by atoms with E-state index >= 15 is 0 Å². The van der Waals surface area contributed by atoms with Crippen molar-refractivity contribution in [1.82, 2.24) is 0 Å². The van der Waals surface area contributed by atoms with E-state index < -0.39 is 13.9 Å². The third-order valence-electron chi connectivity index (χ3n) is 6.89. The molecule has 1 rings (SSSR count). The summed E-state index contributed by atoms with van der Waals surface area (Å²) in [5.41, 5.74) is -0.137. The predicted molar refractivity (Wildman–Crippen MR) is 142 cm³/mol. The quantitative estimate of drug-likeness (QED) is 0.162. The van der Waals surface area contributed by atoms with Crippen LogP contribution in [-0.2, 0) is 4.43 Å². The Labute approximate surface area is 200 Å². The fraction of sp³-hybridized carbons (Fsp3) is 0.724. The lowest BCUT2D eigenvalue weighted by atomic mass is 9.96. The molecule has 0 saturated heterocycles. The van der Waals surface area contributed by atoms with E-state index in [0.717, 1.165) is 18.4 Å². The zero-order valence-corrected chi connectivity index (χ0v) is 22.9. The highest BCUT2D eigenvalue weighted by atomic mass is 28.4. The summed E-state index contributed by atoms with van der Waals surface area (Å²) in [6.07, 6.45) is 15.0. The summed E-state index contributed by atoms with van der Waals surface area (Å²) < 4.78 is 6.38. The molecule has 0 aromatic heterocycles. The molecule has 0 unspecified atom stereocenters. The molecule has 0 aliphatic heterocycles. The van der Waals surface area contributed by atoms with Gasteiger partial charge in [0.25, 0.3) is 0 Å². The molecule has 0 bridgehead atoms. The van der Waals surface area contributed by atoms with E-state index in [1.807, 2.05) is 30.3 Å². The van der Waals surface area contributed by atoms with Crippen LogP contribution in [0.15, 0.2) is 30.3 Å². The van der Waals surface area contributed by atoms with Gasteiger partial charge in [-0.15, -0.1) is 0 Å². The second-order valence-corrected chi connectivity index (χ2v) is 15.8. The maximum Gasteiger partial charge on any atom is 0.192 e. The molecule has 0 heterocycles. The number of aliphatic hydroxyl groups is 1. The predicted octanol–water partition coefficient (Wildman–Crippen LogP) is 8.49. The van der Waals surface area contributed by atoms with Crippen LogP contribution < -0.4 is 0 Å². The SMILES string of the molecule is CCCCCCCCCCCCC[C@](O)(C#Cc1ccccc1)CO[Si](C)(C)C(C)(C)C. The van der Waals surface area contributed by atoms with Gasteiger partial charge in [0.15, 0.2) is 8.32 Å². The zero-order valence-electron chi connectivity index (χ0n) is 21.9. The zero-order chi connectivity index (χ0) is 23.9. The minimum absolute atomic E-state index is 0.122. The molecular weight excluding hydrogens is 408 g/mol. The van der Waals surface area contributed by atoms with Gasteiger partial charge in [0.2, 0.25) is 0 Å². The second kappa shape index (κ2) is 14.9. The van der Waals surface area contributed by atoms with Crippen molar-refractivity contribution in [2.45, 2.75) is 128 Å². The van der Waals surface area contributed by atoms with Crippen molar-refractivity contribution in [2.75, 3.05) is 6.61 Å². The van der Waals surface area contributed by atoms with Crippen LogP contribution in [0.4, 0.5) is 0 Å². The Morgan fingerprint density at radius 3 is 1.81 bits per heavy atom. The third-order valence-corrected chi connectivity index (χ3v) is 11.4. The van der Waals surface area contributed by atoms with Crippen molar-refractivity contribution < 1.29 is 9.53 Å². The van der Waals surface area contributed by atoms with Crippen molar-refractivity contribution in [2.24, 2.45) is 0 Å². The highest BCUT2D eigenvalue weighted by molar-refractivity contribution is 6.74. The Bertz CT molecular complexity index is 666. The van der Waals surface area contributed by atoms with Gasteiger partial charge in [-0.05, 0) is 43.1 Å². The summed E-state index contributed by atoms with van der Waals surface area (Å²) in [5.74, 6) is 6.36. The van der Waals surface area contributed by atoms with Crippen molar-refractivity contribution >= 4 is 8.32 Å². The Morgan fingerprint density at radius 1 is 0.812 bits per heavy atom. The molecule has 0 aliphatic carbocycles. The number of hydrogen-bond donors (Lipinski definition) is 1. The van der Waals surface area contributed by atoms with Crippen molar-refractivity contribution in [3.63, 3.8) is 0 Å². The maximum atomic E-state index is 11.4. The van der Waals surface area contributed by atoms with E-state index in [0.29, 0.717) is 13.0 Å². The van der Waals surface area contributed by atoms with Crippen LogP contribution in [0.25, 0.3) is 0 Å². The van der Waals surface area contributed by atoms with Crippen LogP contribution in [0.2, 0.25) is 18.1 Å². The monoisotopic (exact) mass is 458 g/mol. The Balaban J connectivity index is 2.51. The first kappa shape index (κ1) is 28.9. The average Bonchev–Trinajstić information content (AvgIpc) is 2.75. The highest BCUT2D eigenvalue weighted by Crippen LogP contribution is 2.37. The van der Waals surface area contributed by atoms with Gasteiger partial charge in [0, 0.05) is 5.56 Å². The number of rotatable bonds is 15. The van der Waals surface area contributed by atoms with Crippen LogP contribution in [0.3, 0.4) is 0 Å². The molecule has 1 aromatic carbocycles. The summed E-state index contributed by atoms with van der Waals surface area (Å²) in [5, 5.41) is 11.5. The van der Waals surface area contributed by atoms with Gasteiger partial charge in [0.1, 0.15) is 5.60 Å². The standard InChI is InChI=1S/C29H50O2Si/c1-7-8-9-10-11-12-13-14-15-16-20-24-29(30,25-23-27-21-18-17-19-22-27)26-31-32(5,6)28(2,3)4/h17-19,21-22,30H,7-16,20,24,26H2,1-6H3/t29-/m0/s1. The van der Waals surface area contributed by atoms with E-state index in [2.05, 4.69) is 52.6 Å². The molecular formula is C29H50O2Si. The van der Waals surface area contributed by atoms with E-state index in [-0.39, 0.29) is 5.04 Å². The minimum atomic E-state index is -1.93. The topological polar surface area (TPSA) is 29.5 Å². The molecule has 32 heavy (non-hydrogen) atoms. The maximum absolute atomic E-state index is 11.4. The van der Waals surface area contributed by atoms with Crippen molar-refractivity contribution in [3.8, 4) is 11.8 Å². The Kier molecular flexibility index (Phi) is 13.5. The second-order valence-electron chi connectivity index (χ2n) is 11.0. The van der Waals surface area contributed by atoms with Crippen LogP contribution >= 0.6 is 0 Å². The molecule has 2 nitrogen and oxygen atoms in total. The fourth-order valence-corrected chi connectivity index (χ4v) is 4.51. The number of unbranched alkanes of at least 4 members (excludes halogenated alkanes) is 10. The van der Waals surface area contributed by atoms with Crippen LogP contribution in [-0.4, -0.2) is 25.6 Å². The molecule has 182 valence electrons. The van der Waals surface area contributed by atoms with Crippen LogP contribution in [0, 0.1) is 11.8 Å². The molecule has 1 N–H and O–H groups in total. The number of benzene rings is 1. The van der Waals surface area contributed by atoms with Gasteiger partial charge in [0.05, 0.1) is 6.61 Å². The summed E-state index contributed by atoms with van der Waals surface area (Å²) >= 11 is 0. The van der Waals surface area contributed by atoms with Gasteiger partial charge in [-0.2, -0.15) is 0 Å². The fourth-order valence-electron chi connectivity index (χ4n) is 3.48. The summed E-state index contributed by atoms with van der Waals surface area (Å²) in [6.45, 7) is 13.8. The Morgan fingerprint density at radius 2 is 1.31 bits per heavy atom. The van der Waals surface area contributed by atoms with Crippen LogP contribution in [0.1, 0.15) is 110 Å². The minimum Gasteiger partial charge on any atom is -0.413 e. The van der Waals surface area contributed by atoms with Gasteiger partial charge in [-0.3, -0.25) is 0 Å². The van der Waals surface area contributed by atoms with Gasteiger partial charge in [-0.25, -0.2) is 0 Å². The first-order valence-corrected chi connectivity index (χ1v) is 15.9. The first-order valence-electron chi connectivity index (χ1n) is 13.0. The summed E-state index contributed by atoms with van der Waals surface area (Å²) in [4.78, 5) is 0. The average molecular weight is 459 g/mol. The van der Waals surface area contributed by atoms with Gasteiger partial charge >= 0.3 is 0 Å². The molecule has 0 aliphatic rings. The van der Waals surface area contributed by atoms with E-state index in [9.17, 15) is 5.11 Å². The molecule has 0 amide bonds. The smallest absolute Gasteiger partial charge is 0.192 e. The van der Waals surface area contributed by atoms with Gasteiger partial charge < -0.3 is 9.53 Å². The molecule has 0 saturated carbocycles. The van der Waals surface area contributed by atoms with Crippen molar-refractivity contribution in [1.29, 1.82) is 0 Å². The summed E-state index contributed by atoms with van der Waals surface area (Å²) in [7, 11) is -1.93. The molecule has 0 fully saturated rings. The first-order chi connectivity index (χ1) is 15.1. The third kappa shape index (κ3) is 12.2. The molecule has 1 atom stereocenters. The van der Waals surface area contributed by atoms with Crippen molar-refractivity contribution in [3.05, 3.63) is 35.9 Å². The highest BCUT2D eigenvalue weighted by Gasteiger charge is 2.39. The van der Waals surface area contributed by atoms with E-state index in [1.165, 1.54) is 57.8 Å². The molecule has 0 radical (unpaired) electrons. The Hall–Kier alpha value is -1.08. The molecule has 0 spiro atoms. The van der Waals surface area contributed by atoms with E-state index in [4.69, 9.17) is 4.43 Å². The van der Waals surface area contributed by atoms with E-state index in [1.54, 1.807) is 0 Å². The summed E-state index contributed by atoms with van der Waals surface area (Å²) in [6, 6.07) is 9.94. The lowest BCUT2D eigenvalue weighted by Gasteiger charge is -2.38. The molecule has 3 heteroatoms. The lowest BCUT2D eigenvalue weighted by molar-refractivity contribution is 0.0314.